The summed E-state index contributed by atoms with van der Waals surface area (Å²) in [4.78, 5) is 23.2. The van der Waals surface area contributed by atoms with E-state index >= 15 is 0 Å². The van der Waals surface area contributed by atoms with Gasteiger partial charge in [-0.15, -0.1) is 0 Å². The molecule has 1 aromatic carbocycles. The predicted octanol–water partition coefficient (Wildman–Crippen LogP) is 0.955. The third-order valence-electron chi connectivity index (χ3n) is 2.78. The molecule has 0 radical (unpaired) electrons. The summed E-state index contributed by atoms with van der Waals surface area (Å²) in [6.07, 6.45) is 0.709. The molecule has 0 saturated carbocycles. The Labute approximate surface area is 124 Å². The lowest BCUT2D eigenvalue weighted by Crippen LogP contribution is -2.38. The highest BCUT2D eigenvalue weighted by molar-refractivity contribution is 7.92. The van der Waals surface area contributed by atoms with Gasteiger partial charge in [0.05, 0.1) is 0 Å². The number of para-hydroxylation sites is 1. The van der Waals surface area contributed by atoms with Crippen LogP contribution in [-0.4, -0.2) is 37.8 Å². The molecule has 1 atom stereocenters. The van der Waals surface area contributed by atoms with Gasteiger partial charge in [-0.05, 0) is 25.5 Å². The number of hydrogen-bond acceptors (Lipinski definition) is 4. The van der Waals surface area contributed by atoms with Crippen molar-refractivity contribution in [1.29, 1.82) is 0 Å². The topological polar surface area (TPSA) is 92.3 Å². The van der Waals surface area contributed by atoms with Crippen molar-refractivity contribution in [2.24, 2.45) is 0 Å². The first-order valence-electron chi connectivity index (χ1n) is 6.67. The Morgan fingerprint density at radius 3 is 2.24 bits per heavy atom. The van der Waals surface area contributed by atoms with Crippen LogP contribution in [0.2, 0.25) is 0 Å². The number of benzene rings is 1. The quantitative estimate of drug-likeness (QED) is 0.784. The molecule has 0 spiro atoms. The summed E-state index contributed by atoms with van der Waals surface area (Å²) in [6, 6.07) is 8.45. The van der Waals surface area contributed by atoms with Gasteiger partial charge >= 0.3 is 0 Å². The zero-order chi connectivity index (χ0) is 15.9. The lowest BCUT2D eigenvalue weighted by atomic mass is 10.3. The van der Waals surface area contributed by atoms with Crippen LogP contribution in [0.3, 0.4) is 0 Å². The third-order valence-corrected chi connectivity index (χ3v) is 4.18. The molecule has 0 bridgehead atoms. The van der Waals surface area contributed by atoms with E-state index in [1.54, 1.807) is 37.3 Å². The second-order valence-electron chi connectivity index (χ2n) is 4.82. The number of sulfone groups is 1. The summed E-state index contributed by atoms with van der Waals surface area (Å²) >= 11 is 0. The lowest BCUT2D eigenvalue weighted by molar-refractivity contribution is -0.119. The van der Waals surface area contributed by atoms with Crippen molar-refractivity contribution in [1.82, 2.24) is 5.32 Å². The number of carbonyl (C=O) groups excluding carboxylic acids is 2. The largest absolute Gasteiger partial charge is 0.353 e. The lowest BCUT2D eigenvalue weighted by Gasteiger charge is -2.11. The van der Waals surface area contributed by atoms with Gasteiger partial charge in [0.1, 0.15) is 11.5 Å². The van der Waals surface area contributed by atoms with Crippen LogP contribution in [0.15, 0.2) is 30.3 Å². The minimum absolute atomic E-state index is 0.0918. The van der Waals surface area contributed by atoms with Crippen LogP contribution in [0, 0.1) is 0 Å². The Morgan fingerprint density at radius 2 is 1.67 bits per heavy atom. The Morgan fingerprint density at radius 1 is 1.10 bits per heavy atom. The maximum atomic E-state index is 11.8. The summed E-state index contributed by atoms with van der Waals surface area (Å²) in [5.41, 5.74) is 0.516. The Hall–Kier alpha value is -1.89. The van der Waals surface area contributed by atoms with Gasteiger partial charge in [0, 0.05) is 11.7 Å². The molecule has 0 aliphatic heterocycles. The monoisotopic (exact) mass is 312 g/mol. The van der Waals surface area contributed by atoms with Gasteiger partial charge in [-0.3, -0.25) is 9.59 Å². The van der Waals surface area contributed by atoms with Crippen molar-refractivity contribution >= 4 is 27.3 Å². The zero-order valence-electron chi connectivity index (χ0n) is 12.1. The van der Waals surface area contributed by atoms with Crippen molar-refractivity contribution < 1.29 is 18.0 Å². The second-order valence-corrected chi connectivity index (χ2v) is 6.89. The molecule has 0 saturated heterocycles. The van der Waals surface area contributed by atoms with E-state index in [0.717, 1.165) is 0 Å². The maximum Gasteiger partial charge on any atom is 0.239 e. The molecule has 0 aromatic heterocycles. The second kappa shape index (κ2) is 7.78. The molecular weight excluding hydrogens is 292 g/mol. The molecule has 0 aliphatic carbocycles. The molecule has 1 aromatic rings. The van der Waals surface area contributed by atoms with E-state index in [0.29, 0.717) is 12.1 Å². The first-order chi connectivity index (χ1) is 9.82. The fourth-order valence-electron chi connectivity index (χ4n) is 1.59. The number of nitrogens with one attached hydrogen (secondary N) is 2. The van der Waals surface area contributed by atoms with Crippen molar-refractivity contribution in [3.05, 3.63) is 30.3 Å². The standard InChI is InChI=1S/C14H20N2O4S/c1-3-11(2)15-13(17)9-21(19,20)10-14(18)16-12-7-5-4-6-8-12/h4-8,11H,3,9-10H2,1-2H3,(H,15,17)(H,16,18). The van der Waals surface area contributed by atoms with Gasteiger partial charge < -0.3 is 10.6 Å². The van der Waals surface area contributed by atoms with E-state index in [-0.39, 0.29) is 6.04 Å². The number of amides is 2. The fraction of sp³-hybridized carbons (Fsp3) is 0.429. The Balaban J connectivity index is 2.52. The highest BCUT2D eigenvalue weighted by Crippen LogP contribution is 2.05. The third kappa shape index (κ3) is 6.89. The average Bonchev–Trinajstić information content (AvgIpc) is 2.37. The molecule has 2 N–H and O–H groups in total. The minimum Gasteiger partial charge on any atom is -0.353 e. The van der Waals surface area contributed by atoms with Crippen molar-refractivity contribution in [2.45, 2.75) is 26.3 Å². The van der Waals surface area contributed by atoms with E-state index in [1.807, 2.05) is 6.92 Å². The van der Waals surface area contributed by atoms with Crippen LogP contribution in [0.1, 0.15) is 20.3 Å². The molecule has 1 unspecified atom stereocenters. The van der Waals surface area contributed by atoms with E-state index in [1.165, 1.54) is 0 Å². The van der Waals surface area contributed by atoms with Crippen molar-refractivity contribution in [2.75, 3.05) is 16.8 Å². The first-order valence-corrected chi connectivity index (χ1v) is 8.49. The van der Waals surface area contributed by atoms with Crippen LogP contribution < -0.4 is 10.6 Å². The van der Waals surface area contributed by atoms with Gasteiger partial charge in [-0.25, -0.2) is 8.42 Å². The van der Waals surface area contributed by atoms with E-state index in [2.05, 4.69) is 10.6 Å². The molecule has 0 fully saturated rings. The van der Waals surface area contributed by atoms with Gasteiger partial charge in [0.2, 0.25) is 11.8 Å². The number of carbonyl (C=O) groups is 2. The molecule has 116 valence electrons. The first kappa shape index (κ1) is 17.2. The Kier molecular flexibility index (Phi) is 6.36. The SMILES string of the molecule is CCC(C)NC(=O)CS(=O)(=O)CC(=O)Nc1ccccc1. The number of hydrogen-bond donors (Lipinski definition) is 2. The normalized spacial score (nSPS) is 12.5. The molecular formula is C14H20N2O4S. The van der Waals surface area contributed by atoms with E-state index in [9.17, 15) is 18.0 Å². The Bertz CT molecular complexity index is 584. The molecule has 7 heteroatoms. The van der Waals surface area contributed by atoms with Gasteiger partial charge in [0.25, 0.3) is 0 Å². The zero-order valence-corrected chi connectivity index (χ0v) is 12.9. The number of rotatable bonds is 7. The summed E-state index contributed by atoms with van der Waals surface area (Å²) in [7, 11) is -3.78. The summed E-state index contributed by atoms with van der Waals surface area (Å²) in [5.74, 6) is -2.63. The van der Waals surface area contributed by atoms with Gasteiger partial charge in [-0.2, -0.15) is 0 Å². The highest BCUT2D eigenvalue weighted by atomic mass is 32.2. The van der Waals surface area contributed by atoms with Crippen LogP contribution in [-0.2, 0) is 19.4 Å². The molecule has 0 heterocycles. The molecule has 2 amide bonds. The van der Waals surface area contributed by atoms with Gasteiger partial charge in [0.15, 0.2) is 9.84 Å². The minimum atomic E-state index is -3.78. The molecule has 6 nitrogen and oxygen atoms in total. The molecule has 0 aliphatic rings. The smallest absolute Gasteiger partial charge is 0.239 e. The fourth-order valence-corrected chi connectivity index (χ4v) is 2.64. The highest BCUT2D eigenvalue weighted by Gasteiger charge is 2.21. The number of anilines is 1. The molecule has 1 rings (SSSR count). The van der Waals surface area contributed by atoms with Crippen molar-refractivity contribution in [3.8, 4) is 0 Å². The molecule has 21 heavy (non-hydrogen) atoms. The van der Waals surface area contributed by atoms with E-state index < -0.39 is 33.2 Å². The average molecular weight is 312 g/mol. The summed E-state index contributed by atoms with van der Waals surface area (Å²) in [6.45, 7) is 3.67. The predicted molar refractivity (Wildman–Crippen MR) is 81.6 cm³/mol. The van der Waals surface area contributed by atoms with Crippen molar-refractivity contribution in [3.63, 3.8) is 0 Å². The maximum absolute atomic E-state index is 11.8. The van der Waals surface area contributed by atoms with Gasteiger partial charge in [-0.1, -0.05) is 25.1 Å². The van der Waals surface area contributed by atoms with Crippen LogP contribution >= 0.6 is 0 Å². The van der Waals surface area contributed by atoms with E-state index in [4.69, 9.17) is 0 Å². The summed E-state index contributed by atoms with van der Waals surface area (Å²) < 4.78 is 23.6. The summed E-state index contributed by atoms with van der Waals surface area (Å²) in [5, 5.41) is 5.03. The van der Waals surface area contributed by atoms with Crippen LogP contribution in [0.5, 0.6) is 0 Å². The van der Waals surface area contributed by atoms with Crippen LogP contribution in [0.25, 0.3) is 0 Å². The van der Waals surface area contributed by atoms with Crippen LogP contribution in [0.4, 0.5) is 5.69 Å².